The van der Waals surface area contributed by atoms with Crippen LogP contribution in [0.15, 0.2) is 0 Å². The summed E-state index contributed by atoms with van der Waals surface area (Å²) in [6.07, 6.45) is 13.8. The third kappa shape index (κ3) is 6.34. The van der Waals surface area contributed by atoms with E-state index in [1.165, 1.54) is 44.9 Å². The minimum absolute atomic E-state index is 0.285. The second-order valence-electron chi connectivity index (χ2n) is 8.61. The molecule has 0 radical (unpaired) electrons. The Kier molecular flexibility index (Phi) is 8.75. The molecule has 3 rings (SSSR count). The highest BCUT2D eigenvalue weighted by atomic mass is 32.2. The molecule has 5 nitrogen and oxygen atoms in total. The van der Waals surface area contributed by atoms with E-state index in [2.05, 4.69) is 6.92 Å². The first kappa shape index (κ1) is 21.4. The molecule has 2 bridgehead atoms. The molecule has 2 saturated heterocycles. The zero-order valence-corrected chi connectivity index (χ0v) is 17.6. The van der Waals surface area contributed by atoms with Crippen molar-refractivity contribution in [1.29, 1.82) is 0 Å². The van der Waals surface area contributed by atoms with Crippen LogP contribution in [-0.2, 0) is 14.3 Å². The summed E-state index contributed by atoms with van der Waals surface area (Å²) in [5.74, 6) is 2.19. The minimum Gasteiger partial charge on any atom is -0.378 e. The van der Waals surface area contributed by atoms with Gasteiger partial charge in [-0.1, -0.05) is 26.2 Å². The summed E-state index contributed by atoms with van der Waals surface area (Å²) in [5.41, 5.74) is 1.71. The Hall–Kier alpha value is -0.300. The molecule has 6 heteroatoms. The minimum atomic E-state index is -0.285. The van der Waals surface area contributed by atoms with Crippen molar-refractivity contribution in [3.05, 3.63) is 0 Å². The van der Waals surface area contributed by atoms with Gasteiger partial charge in [0.05, 0.1) is 18.3 Å². The lowest BCUT2D eigenvalue weighted by Gasteiger charge is -2.29. The molecule has 156 valence electrons. The Morgan fingerprint density at radius 3 is 2.67 bits per heavy atom. The summed E-state index contributed by atoms with van der Waals surface area (Å²) in [4.78, 5) is 11.1. The first-order valence-corrected chi connectivity index (χ1v) is 12.0. The van der Waals surface area contributed by atoms with Gasteiger partial charge in [0.1, 0.15) is 0 Å². The van der Waals surface area contributed by atoms with Crippen molar-refractivity contribution in [2.75, 3.05) is 12.4 Å². The fourth-order valence-electron chi connectivity index (χ4n) is 5.07. The molecule has 1 amide bonds. The molecule has 5 unspecified atom stereocenters. The Balaban J connectivity index is 1.36. The van der Waals surface area contributed by atoms with E-state index in [1.54, 1.807) is 5.48 Å². The number of hydrogen-bond acceptors (Lipinski definition) is 5. The van der Waals surface area contributed by atoms with Crippen LogP contribution in [0.2, 0.25) is 0 Å². The van der Waals surface area contributed by atoms with Crippen molar-refractivity contribution < 1.29 is 19.5 Å². The summed E-state index contributed by atoms with van der Waals surface area (Å²) in [5, 5.41) is 9.10. The van der Waals surface area contributed by atoms with E-state index in [0.29, 0.717) is 41.8 Å². The standard InChI is InChI=1S/C21H37NO4S/c1-15(6-5-9-21(23)22-24)27-14-18-17(19-10-11-20(18)26-19)12-13-25-16-7-3-2-4-8-16/h15-20,24H,2-14H2,1H3,(H,22,23). The third-order valence-electron chi connectivity index (χ3n) is 6.66. The van der Waals surface area contributed by atoms with E-state index in [-0.39, 0.29) is 5.91 Å². The van der Waals surface area contributed by atoms with E-state index in [4.69, 9.17) is 14.7 Å². The molecule has 1 aliphatic carbocycles. The first-order valence-electron chi connectivity index (χ1n) is 11.0. The number of carbonyl (C=O) groups is 1. The average molecular weight is 400 g/mol. The molecular weight excluding hydrogens is 362 g/mol. The van der Waals surface area contributed by atoms with Crippen LogP contribution >= 0.6 is 11.8 Å². The van der Waals surface area contributed by atoms with Crippen LogP contribution in [0, 0.1) is 11.8 Å². The summed E-state index contributed by atoms with van der Waals surface area (Å²) >= 11 is 2.02. The highest BCUT2D eigenvalue weighted by Crippen LogP contribution is 2.46. The van der Waals surface area contributed by atoms with E-state index in [0.717, 1.165) is 31.6 Å². The zero-order valence-electron chi connectivity index (χ0n) is 16.7. The fraction of sp³-hybridized carbons (Fsp3) is 0.952. The van der Waals surface area contributed by atoms with E-state index in [1.807, 2.05) is 11.8 Å². The van der Waals surface area contributed by atoms with Crippen molar-refractivity contribution >= 4 is 17.7 Å². The van der Waals surface area contributed by atoms with Crippen molar-refractivity contribution in [1.82, 2.24) is 5.48 Å². The number of rotatable bonds is 11. The molecule has 1 saturated carbocycles. The van der Waals surface area contributed by atoms with Gasteiger partial charge >= 0.3 is 0 Å². The molecule has 0 spiro atoms. The van der Waals surface area contributed by atoms with Gasteiger partial charge in [0.25, 0.3) is 0 Å². The fourth-order valence-corrected chi connectivity index (χ4v) is 6.41. The van der Waals surface area contributed by atoms with Gasteiger partial charge in [0.15, 0.2) is 0 Å². The maximum atomic E-state index is 11.1. The molecule has 2 N–H and O–H groups in total. The number of ether oxygens (including phenoxy) is 2. The summed E-state index contributed by atoms with van der Waals surface area (Å²) < 4.78 is 12.4. The smallest absolute Gasteiger partial charge is 0.243 e. The van der Waals surface area contributed by atoms with Gasteiger partial charge in [0, 0.05) is 18.3 Å². The zero-order chi connectivity index (χ0) is 19.1. The van der Waals surface area contributed by atoms with Crippen LogP contribution < -0.4 is 5.48 Å². The second kappa shape index (κ2) is 11.0. The van der Waals surface area contributed by atoms with Gasteiger partial charge in [-0.05, 0) is 62.5 Å². The molecule has 0 aromatic carbocycles. The molecule has 0 aromatic rings. The molecule has 3 aliphatic rings. The quantitative estimate of drug-likeness (QED) is 0.400. The van der Waals surface area contributed by atoms with Gasteiger partial charge in [-0.25, -0.2) is 5.48 Å². The number of hydroxylamine groups is 1. The number of thioether (sulfide) groups is 1. The number of fused-ring (bicyclic) bond motifs is 2. The summed E-state index contributed by atoms with van der Waals surface area (Å²) in [6.45, 7) is 3.14. The van der Waals surface area contributed by atoms with Gasteiger partial charge < -0.3 is 9.47 Å². The first-order chi connectivity index (χ1) is 13.2. The van der Waals surface area contributed by atoms with Gasteiger partial charge in [-0.3, -0.25) is 10.0 Å². The number of hydrogen-bond donors (Lipinski definition) is 2. The number of amides is 1. The highest BCUT2D eigenvalue weighted by Gasteiger charge is 2.48. The maximum absolute atomic E-state index is 11.1. The van der Waals surface area contributed by atoms with E-state index >= 15 is 0 Å². The third-order valence-corrected chi connectivity index (χ3v) is 8.04. The molecule has 0 aromatic heterocycles. The molecule has 27 heavy (non-hydrogen) atoms. The maximum Gasteiger partial charge on any atom is 0.243 e. The van der Waals surface area contributed by atoms with Crippen LogP contribution in [0.4, 0.5) is 0 Å². The lowest BCUT2D eigenvalue weighted by molar-refractivity contribution is -0.129. The van der Waals surface area contributed by atoms with Crippen molar-refractivity contribution in [3.63, 3.8) is 0 Å². The Morgan fingerprint density at radius 1 is 1.19 bits per heavy atom. The number of nitrogens with one attached hydrogen (secondary N) is 1. The summed E-state index contributed by atoms with van der Waals surface area (Å²) in [6, 6.07) is 0. The van der Waals surface area contributed by atoms with Gasteiger partial charge in [-0.15, -0.1) is 0 Å². The van der Waals surface area contributed by atoms with Crippen LogP contribution in [0.25, 0.3) is 0 Å². The molecule has 2 aliphatic heterocycles. The Labute approximate surface area is 168 Å². The van der Waals surface area contributed by atoms with Crippen LogP contribution in [0.3, 0.4) is 0 Å². The summed E-state index contributed by atoms with van der Waals surface area (Å²) in [7, 11) is 0. The van der Waals surface area contributed by atoms with Gasteiger partial charge in [-0.2, -0.15) is 11.8 Å². The van der Waals surface area contributed by atoms with E-state index < -0.39 is 0 Å². The largest absolute Gasteiger partial charge is 0.378 e. The van der Waals surface area contributed by atoms with Crippen molar-refractivity contribution in [3.8, 4) is 0 Å². The second-order valence-corrected chi connectivity index (χ2v) is 10.1. The van der Waals surface area contributed by atoms with Crippen LogP contribution in [0.5, 0.6) is 0 Å². The predicted molar refractivity (Wildman–Crippen MR) is 108 cm³/mol. The normalized spacial score (nSPS) is 31.9. The van der Waals surface area contributed by atoms with E-state index in [9.17, 15) is 4.79 Å². The lowest BCUT2D eigenvalue weighted by atomic mass is 9.79. The average Bonchev–Trinajstić information content (AvgIpc) is 3.29. The highest BCUT2D eigenvalue weighted by molar-refractivity contribution is 7.99. The molecule has 5 atom stereocenters. The predicted octanol–water partition coefficient (Wildman–Crippen LogP) is 4.32. The topological polar surface area (TPSA) is 67.8 Å². The molecule has 2 heterocycles. The van der Waals surface area contributed by atoms with Gasteiger partial charge in [0.2, 0.25) is 5.91 Å². The monoisotopic (exact) mass is 399 g/mol. The molecule has 3 fully saturated rings. The SMILES string of the molecule is CC(CCCC(=O)NO)SCC1C2CCC(O2)C1CCOC1CCCCC1. The Morgan fingerprint density at radius 2 is 1.93 bits per heavy atom. The van der Waals surface area contributed by atoms with Crippen molar-refractivity contribution in [2.24, 2.45) is 11.8 Å². The van der Waals surface area contributed by atoms with Crippen molar-refractivity contribution in [2.45, 2.75) is 101 Å². The number of carbonyl (C=O) groups excluding carboxylic acids is 1. The van der Waals surface area contributed by atoms with Crippen LogP contribution in [0.1, 0.15) is 77.6 Å². The molecular formula is C21H37NO4S. The van der Waals surface area contributed by atoms with Crippen LogP contribution in [-0.4, -0.2) is 47.0 Å². The Bertz CT molecular complexity index is 457. The lowest BCUT2D eigenvalue weighted by Crippen LogP contribution is -2.31.